The minimum Gasteiger partial charge on any atom is -0.384 e. The SMILES string of the molecule is CC1CCN(C(=O)C(C)O/N=C(/N)Cc2ccccc2)CC1. The highest BCUT2D eigenvalue weighted by Crippen LogP contribution is 2.17. The molecule has 5 nitrogen and oxygen atoms in total. The molecule has 1 saturated heterocycles. The van der Waals surface area contributed by atoms with Crippen LogP contribution in [0.15, 0.2) is 35.5 Å². The van der Waals surface area contributed by atoms with Crippen molar-refractivity contribution < 1.29 is 9.63 Å². The van der Waals surface area contributed by atoms with Crippen molar-refractivity contribution in [2.24, 2.45) is 16.8 Å². The number of hydrogen-bond donors (Lipinski definition) is 1. The third-order valence-electron chi connectivity index (χ3n) is 4.00. The summed E-state index contributed by atoms with van der Waals surface area (Å²) >= 11 is 0. The Labute approximate surface area is 132 Å². The van der Waals surface area contributed by atoms with E-state index in [9.17, 15) is 4.79 Å². The van der Waals surface area contributed by atoms with Gasteiger partial charge >= 0.3 is 0 Å². The Bertz CT molecular complexity index is 508. The van der Waals surface area contributed by atoms with Crippen molar-refractivity contribution in [3.63, 3.8) is 0 Å². The van der Waals surface area contributed by atoms with E-state index in [1.807, 2.05) is 35.2 Å². The van der Waals surface area contributed by atoms with Crippen molar-refractivity contribution in [3.8, 4) is 0 Å². The van der Waals surface area contributed by atoms with Crippen LogP contribution in [0.25, 0.3) is 0 Å². The molecule has 1 aromatic carbocycles. The first-order valence-corrected chi connectivity index (χ1v) is 7.87. The van der Waals surface area contributed by atoms with Crippen molar-refractivity contribution in [3.05, 3.63) is 35.9 Å². The Balaban J connectivity index is 1.82. The first-order chi connectivity index (χ1) is 10.6. The Morgan fingerprint density at radius 3 is 2.64 bits per heavy atom. The number of rotatable bonds is 5. The van der Waals surface area contributed by atoms with Crippen LogP contribution in [-0.2, 0) is 16.1 Å². The number of carbonyl (C=O) groups excluding carboxylic acids is 1. The molecule has 1 aliphatic rings. The van der Waals surface area contributed by atoms with Crippen molar-refractivity contribution in [2.45, 2.75) is 39.2 Å². The summed E-state index contributed by atoms with van der Waals surface area (Å²) in [5, 5.41) is 3.90. The molecule has 1 fully saturated rings. The highest BCUT2D eigenvalue weighted by Gasteiger charge is 2.25. The zero-order valence-electron chi connectivity index (χ0n) is 13.4. The Kier molecular flexibility index (Phi) is 5.81. The standard InChI is InChI=1S/C17H25N3O2/c1-13-8-10-20(11-9-13)17(21)14(2)22-19-16(18)12-15-6-4-3-5-7-15/h3-7,13-14H,8-12H2,1-2H3,(H2,18,19). The maximum atomic E-state index is 12.3. The van der Waals surface area contributed by atoms with E-state index in [4.69, 9.17) is 10.6 Å². The van der Waals surface area contributed by atoms with Crippen LogP contribution in [0.4, 0.5) is 0 Å². The van der Waals surface area contributed by atoms with Gasteiger partial charge in [-0.2, -0.15) is 0 Å². The number of nitrogens with zero attached hydrogens (tertiary/aromatic N) is 2. The summed E-state index contributed by atoms with van der Waals surface area (Å²) in [5.74, 6) is 1.06. The van der Waals surface area contributed by atoms with Crippen molar-refractivity contribution in [1.82, 2.24) is 4.90 Å². The third-order valence-corrected chi connectivity index (χ3v) is 4.00. The normalized spacial score (nSPS) is 18.1. The summed E-state index contributed by atoms with van der Waals surface area (Å²) in [7, 11) is 0. The number of hydrogen-bond acceptors (Lipinski definition) is 3. The number of nitrogens with two attached hydrogens (primary N) is 1. The zero-order chi connectivity index (χ0) is 15.9. The average molecular weight is 303 g/mol. The predicted molar refractivity (Wildman–Crippen MR) is 87.3 cm³/mol. The van der Waals surface area contributed by atoms with E-state index in [1.54, 1.807) is 6.92 Å². The first kappa shape index (κ1) is 16.3. The molecule has 2 N–H and O–H groups in total. The molecule has 0 bridgehead atoms. The number of amidine groups is 1. The zero-order valence-corrected chi connectivity index (χ0v) is 13.4. The molecule has 1 aromatic rings. The van der Waals surface area contributed by atoms with Crippen LogP contribution in [-0.4, -0.2) is 35.8 Å². The van der Waals surface area contributed by atoms with Crippen LogP contribution in [0, 0.1) is 5.92 Å². The highest BCUT2D eigenvalue weighted by molar-refractivity contribution is 5.83. The number of likely N-dealkylation sites (tertiary alicyclic amines) is 1. The number of piperidine rings is 1. The lowest BCUT2D eigenvalue weighted by Gasteiger charge is -2.31. The molecule has 1 amide bonds. The lowest BCUT2D eigenvalue weighted by atomic mass is 9.99. The molecule has 2 rings (SSSR count). The van der Waals surface area contributed by atoms with Gasteiger partial charge in [0.25, 0.3) is 5.91 Å². The van der Waals surface area contributed by atoms with Crippen molar-refractivity contribution in [1.29, 1.82) is 0 Å². The van der Waals surface area contributed by atoms with Gasteiger partial charge < -0.3 is 15.5 Å². The predicted octanol–water partition coefficient (Wildman–Crippen LogP) is 2.16. The summed E-state index contributed by atoms with van der Waals surface area (Å²) in [6.45, 7) is 5.55. The second-order valence-corrected chi connectivity index (χ2v) is 6.00. The van der Waals surface area contributed by atoms with Gasteiger partial charge in [-0.25, -0.2) is 0 Å². The lowest BCUT2D eigenvalue weighted by molar-refractivity contribution is -0.144. The fourth-order valence-electron chi connectivity index (χ4n) is 2.52. The second-order valence-electron chi connectivity index (χ2n) is 6.00. The number of carbonyl (C=O) groups is 1. The van der Waals surface area contributed by atoms with Gasteiger partial charge in [0.15, 0.2) is 0 Å². The van der Waals surface area contributed by atoms with E-state index in [0.717, 1.165) is 31.5 Å². The largest absolute Gasteiger partial charge is 0.384 e. The van der Waals surface area contributed by atoms with Gasteiger partial charge in [-0.15, -0.1) is 0 Å². The van der Waals surface area contributed by atoms with E-state index in [1.165, 1.54) is 0 Å². The van der Waals surface area contributed by atoms with E-state index in [2.05, 4.69) is 12.1 Å². The van der Waals surface area contributed by atoms with Crippen molar-refractivity contribution >= 4 is 11.7 Å². The molecule has 1 aliphatic heterocycles. The molecule has 0 aromatic heterocycles. The van der Waals surface area contributed by atoms with Crippen LogP contribution in [0.2, 0.25) is 0 Å². The molecule has 22 heavy (non-hydrogen) atoms. The summed E-state index contributed by atoms with van der Waals surface area (Å²) in [4.78, 5) is 19.4. The van der Waals surface area contributed by atoms with Gasteiger partial charge in [0, 0.05) is 19.5 Å². The van der Waals surface area contributed by atoms with E-state index < -0.39 is 6.10 Å². The van der Waals surface area contributed by atoms with Crippen molar-refractivity contribution in [2.75, 3.05) is 13.1 Å². The summed E-state index contributed by atoms with van der Waals surface area (Å²) in [5.41, 5.74) is 6.92. The average Bonchev–Trinajstić information content (AvgIpc) is 2.53. The molecule has 0 aliphatic carbocycles. The molecule has 120 valence electrons. The molecular formula is C17H25N3O2. The van der Waals surface area contributed by atoms with E-state index in [-0.39, 0.29) is 5.91 Å². The third kappa shape index (κ3) is 4.76. The molecule has 1 heterocycles. The fraction of sp³-hybridized carbons (Fsp3) is 0.529. The minimum absolute atomic E-state index is 0.0110. The number of benzene rings is 1. The van der Waals surface area contributed by atoms with Crippen LogP contribution >= 0.6 is 0 Å². The van der Waals surface area contributed by atoms with Crippen LogP contribution in [0.1, 0.15) is 32.3 Å². The lowest BCUT2D eigenvalue weighted by Crippen LogP contribution is -2.43. The maximum Gasteiger partial charge on any atom is 0.266 e. The molecule has 5 heteroatoms. The van der Waals surface area contributed by atoms with E-state index >= 15 is 0 Å². The maximum absolute atomic E-state index is 12.3. The van der Waals surface area contributed by atoms with Crippen LogP contribution in [0.5, 0.6) is 0 Å². The van der Waals surface area contributed by atoms with Gasteiger partial charge in [0.2, 0.25) is 6.10 Å². The molecule has 1 atom stereocenters. The van der Waals surface area contributed by atoms with Gasteiger partial charge in [-0.1, -0.05) is 42.4 Å². The minimum atomic E-state index is -0.595. The topological polar surface area (TPSA) is 67.9 Å². The quantitative estimate of drug-likeness (QED) is 0.515. The highest BCUT2D eigenvalue weighted by atomic mass is 16.6. The van der Waals surface area contributed by atoms with Gasteiger partial charge in [0.05, 0.1) is 0 Å². The van der Waals surface area contributed by atoms with E-state index in [0.29, 0.717) is 18.2 Å². The summed E-state index contributed by atoms with van der Waals surface area (Å²) in [6.07, 6.45) is 2.03. The first-order valence-electron chi connectivity index (χ1n) is 7.87. The second kappa shape index (κ2) is 7.82. The smallest absolute Gasteiger partial charge is 0.266 e. The van der Waals surface area contributed by atoms with Crippen LogP contribution in [0.3, 0.4) is 0 Å². The summed E-state index contributed by atoms with van der Waals surface area (Å²) in [6, 6.07) is 9.81. The molecule has 1 unspecified atom stereocenters. The molecular weight excluding hydrogens is 278 g/mol. The van der Waals surface area contributed by atoms with Gasteiger partial charge in [0.1, 0.15) is 5.84 Å². The Hall–Kier alpha value is -2.04. The Morgan fingerprint density at radius 2 is 2.00 bits per heavy atom. The number of oxime groups is 1. The van der Waals surface area contributed by atoms with Gasteiger partial charge in [-0.3, -0.25) is 4.79 Å². The fourth-order valence-corrected chi connectivity index (χ4v) is 2.52. The number of amides is 1. The Morgan fingerprint density at radius 1 is 1.36 bits per heavy atom. The molecule has 0 spiro atoms. The molecule has 0 radical (unpaired) electrons. The summed E-state index contributed by atoms with van der Waals surface area (Å²) < 4.78 is 0. The monoisotopic (exact) mass is 303 g/mol. The van der Waals surface area contributed by atoms with Gasteiger partial charge in [-0.05, 0) is 31.2 Å². The van der Waals surface area contributed by atoms with Crippen LogP contribution < -0.4 is 5.73 Å². The molecule has 0 saturated carbocycles.